The standard InChI is InChI=1S/C17H17ClN2/c1-12(2)17(14-6-4-3-5-7-14)20-16-9-8-13(11-19)10-15(16)18/h3-10,12,17,20H,1-2H3. The molecule has 0 aliphatic heterocycles. The second kappa shape index (κ2) is 6.45. The van der Waals surface area contributed by atoms with Gasteiger partial charge in [0, 0.05) is 0 Å². The van der Waals surface area contributed by atoms with Crippen LogP contribution in [0.15, 0.2) is 48.5 Å². The van der Waals surface area contributed by atoms with E-state index < -0.39 is 0 Å². The molecule has 3 heteroatoms. The van der Waals surface area contributed by atoms with E-state index >= 15 is 0 Å². The highest BCUT2D eigenvalue weighted by molar-refractivity contribution is 6.33. The highest BCUT2D eigenvalue weighted by Gasteiger charge is 2.16. The van der Waals surface area contributed by atoms with Gasteiger partial charge in [-0.15, -0.1) is 0 Å². The average Bonchev–Trinajstić information content (AvgIpc) is 2.46. The van der Waals surface area contributed by atoms with Crippen LogP contribution in [0.2, 0.25) is 5.02 Å². The van der Waals surface area contributed by atoms with Crippen LogP contribution < -0.4 is 5.32 Å². The highest BCUT2D eigenvalue weighted by atomic mass is 35.5. The summed E-state index contributed by atoms with van der Waals surface area (Å²) in [5.74, 6) is 0.420. The Morgan fingerprint density at radius 1 is 1.10 bits per heavy atom. The van der Waals surface area contributed by atoms with E-state index in [1.807, 2.05) is 24.3 Å². The second-order valence-corrected chi connectivity index (χ2v) is 5.49. The minimum Gasteiger partial charge on any atom is -0.377 e. The van der Waals surface area contributed by atoms with Gasteiger partial charge in [-0.1, -0.05) is 55.8 Å². The number of nitrogens with zero attached hydrogens (tertiary/aromatic N) is 1. The Labute approximate surface area is 125 Å². The molecule has 0 heterocycles. The molecule has 0 radical (unpaired) electrons. The van der Waals surface area contributed by atoms with Crippen LogP contribution >= 0.6 is 11.6 Å². The van der Waals surface area contributed by atoms with Gasteiger partial charge >= 0.3 is 0 Å². The number of hydrogen-bond acceptors (Lipinski definition) is 2. The van der Waals surface area contributed by atoms with Crippen molar-refractivity contribution in [1.29, 1.82) is 5.26 Å². The summed E-state index contributed by atoms with van der Waals surface area (Å²) in [7, 11) is 0. The minimum absolute atomic E-state index is 0.182. The SMILES string of the molecule is CC(C)C(Nc1ccc(C#N)cc1Cl)c1ccccc1. The molecule has 20 heavy (non-hydrogen) atoms. The minimum atomic E-state index is 0.182. The van der Waals surface area contributed by atoms with Crippen LogP contribution in [0.5, 0.6) is 0 Å². The van der Waals surface area contributed by atoms with Gasteiger partial charge in [-0.2, -0.15) is 5.26 Å². The summed E-state index contributed by atoms with van der Waals surface area (Å²) < 4.78 is 0. The molecule has 1 unspecified atom stereocenters. The summed E-state index contributed by atoms with van der Waals surface area (Å²) in [6.45, 7) is 4.34. The molecule has 2 nitrogen and oxygen atoms in total. The molecule has 0 aliphatic rings. The molecule has 0 amide bonds. The van der Waals surface area contributed by atoms with Crippen molar-refractivity contribution in [3.63, 3.8) is 0 Å². The van der Waals surface area contributed by atoms with Gasteiger partial charge in [0.25, 0.3) is 0 Å². The van der Waals surface area contributed by atoms with Crippen molar-refractivity contribution < 1.29 is 0 Å². The van der Waals surface area contributed by atoms with Crippen LogP contribution in [-0.2, 0) is 0 Å². The maximum atomic E-state index is 8.87. The Hall–Kier alpha value is -1.98. The van der Waals surface area contributed by atoms with E-state index in [0.29, 0.717) is 16.5 Å². The van der Waals surface area contributed by atoms with Gasteiger partial charge < -0.3 is 5.32 Å². The van der Waals surface area contributed by atoms with Crippen LogP contribution in [0.3, 0.4) is 0 Å². The van der Waals surface area contributed by atoms with Gasteiger partial charge in [0.1, 0.15) is 0 Å². The zero-order chi connectivity index (χ0) is 14.5. The molecule has 0 aliphatic carbocycles. The van der Waals surface area contributed by atoms with Crippen molar-refractivity contribution in [2.75, 3.05) is 5.32 Å². The van der Waals surface area contributed by atoms with Gasteiger partial charge in [0.05, 0.1) is 28.4 Å². The highest BCUT2D eigenvalue weighted by Crippen LogP contribution is 2.30. The van der Waals surface area contributed by atoms with Gasteiger partial charge in [-0.05, 0) is 29.7 Å². The Kier molecular flexibility index (Phi) is 4.65. The molecule has 0 spiro atoms. The molecule has 102 valence electrons. The van der Waals surface area contributed by atoms with Crippen molar-refractivity contribution in [3.8, 4) is 6.07 Å². The summed E-state index contributed by atoms with van der Waals surface area (Å²) in [4.78, 5) is 0. The maximum absolute atomic E-state index is 8.87. The number of nitrogens with one attached hydrogen (secondary N) is 1. The zero-order valence-electron chi connectivity index (χ0n) is 11.6. The maximum Gasteiger partial charge on any atom is 0.0992 e. The molecule has 0 saturated heterocycles. The lowest BCUT2D eigenvalue weighted by atomic mass is 9.95. The molecule has 0 saturated carbocycles. The predicted octanol–water partition coefficient (Wildman–Crippen LogP) is 5.02. The van der Waals surface area contributed by atoms with E-state index in [1.165, 1.54) is 5.56 Å². The molecular formula is C17H17ClN2. The van der Waals surface area contributed by atoms with E-state index in [0.717, 1.165) is 5.69 Å². The lowest BCUT2D eigenvalue weighted by Crippen LogP contribution is -2.17. The molecule has 0 aromatic heterocycles. The van der Waals surface area contributed by atoms with E-state index in [9.17, 15) is 0 Å². The number of halogens is 1. The van der Waals surface area contributed by atoms with Crippen molar-refractivity contribution in [2.24, 2.45) is 5.92 Å². The fraction of sp³-hybridized carbons (Fsp3) is 0.235. The van der Waals surface area contributed by atoms with Gasteiger partial charge in [-0.3, -0.25) is 0 Å². The first-order valence-corrected chi connectivity index (χ1v) is 7.00. The Bertz CT molecular complexity index is 615. The van der Waals surface area contributed by atoms with Crippen molar-refractivity contribution in [2.45, 2.75) is 19.9 Å². The molecule has 0 fully saturated rings. The lowest BCUT2D eigenvalue weighted by molar-refractivity contribution is 0.546. The van der Waals surface area contributed by atoms with E-state index in [2.05, 4.69) is 37.4 Å². The fourth-order valence-electron chi connectivity index (χ4n) is 2.16. The smallest absolute Gasteiger partial charge is 0.0992 e. The summed E-state index contributed by atoms with van der Waals surface area (Å²) in [6, 6.07) is 17.9. The van der Waals surface area contributed by atoms with E-state index in [4.69, 9.17) is 16.9 Å². The van der Waals surface area contributed by atoms with Crippen molar-refractivity contribution in [1.82, 2.24) is 0 Å². The molecule has 0 bridgehead atoms. The van der Waals surface area contributed by atoms with E-state index in [-0.39, 0.29) is 6.04 Å². The zero-order valence-corrected chi connectivity index (χ0v) is 12.4. The van der Waals surface area contributed by atoms with Crippen LogP contribution in [0.4, 0.5) is 5.69 Å². The van der Waals surface area contributed by atoms with Gasteiger partial charge in [0.2, 0.25) is 0 Å². The first-order chi connectivity index (χ1) is 9.61. The Morgan fingerprint density at radius 3 is 2.35 bits per heavy atom. The predicted molar refractivity (Wildman–Crippen MR) is 83.8 cm³/mol. The number of anilines is 1. The molecule has 1 atom stereocenters. The summed E-state index contributed by atoms with van der Waals surface area (Å²) in [5, 5.41) is 12.9. The van der Waals surface area contributed by atoms with Crippen LogP contribution in [-0.4, -0.2) is 0 Å². The third-order valence-electron chi connectivity index (χ3n) is 3.23. The molecule has 2 rings (SSSR count). The number of hydrogen-bond donors (Lipinski definition) is 1. The summed E-state index contributed by atoms with van der Waals surface area (Å²) >= 11 is 6.23. The normalized spacial score (nSPS) is 11.9. The monoisotopic (exact) mass is 284 g/mol. The van der Waals surface area contributed by atoms with Crippen molar-refractivity contribution in [3.05, 3.63) is 64.7 Å². The van der Waals surface area contributed by atoms with Gasteiger partial charge in [0.15, 0.2) is 0 Å². The average molecular weight is 285 g/mol. The van der Waals surface area contributed by atoms with Crippen LogP contribution in [0.1, 0.15) is 31.0 Å². The molecule has 1 N–H and O–H groups in total. The number of nitriles is 1. The molecular weight excluding hydrogens is 268 g/mol. The van der Waals surface area contributed by atoms with Crippen LogP contribution in [0.25, 0.3) is 0 Å². The van der Waals surface area contributed by atoms with Gasteiger partial charge in [-0.25, -0.2) is 0 Å². The summed E-state index contributed by atoms with van der Waals surface area (Å²) in [6.07, 6.45) is 0. The molecule has 2 aromatic rings. The summed E-state index contributed by atoms with van der Waals surface area (Å²) in [5.41, 5.74) is 2.65. The third-order valence-corrected chi connectivity index (χ3v) is 3.55. The third kappa shape index (κ3) is 3.31. The van der Waals surface area contributed by atoms with Crippen molar-refractivity contribution >= 4 is 17.3 Å². The largest absolute Gasteiger partial charge is 0.377 e. The Morgan fingerprint density at radius 2 is 1.80 bits per heavy atom. The number of benzene rings is 2. The first kappa shape index (κ1) is 14.4. The van der Waals surface area contributed by atoms with Crippen LogP contribution in [0, 0.1) is 17.2 Å². The molecule has 2 aromatic carbocycles. The van der Waals surface area contributed by atoms with E-state index in [1.54, 1.807) is 12.1 Å². The second-order valence-electron chi connectivity index (χ2n) is 5.08. The number of rotatable bonds is 4. The quantitative estimate of drug-likeness (QED) is 0.855. The lowest BCUT2D eigenvalue weighted by Gasteiger charge is -2.24. The topological polar surface area (TPSA) is 35.8 Å². The first-order valence-electron chi connectivity index (χ1n) is 6.63. The fourth-order valence-corrected chi connectivity index (χ4v) is 2.40. The Balaban J connectivity index is 2.28.